The van der Waals surface area contributed by atoms with Crippen molar-refractivity contribution in [1.82, 2.24) is 0 Å². The number of aryl methyl sites for hydroxylation is 1. The number of benzene rings is 1. The van der Waals surface area contributed by atoms with Crippen LogP contribution in [0.2, 0.25) is 0 Å². The minimum atomic E-state index is -1.46. The van der Waals surface area contributed by atoms with Gasteiger partial charge in [0.25, 0.3) is 5.78 Å². The third-order valence-electron chi connectivity index (χ3n) is 1.71. The van der Waals surface area contributed by atoms with Crippen LogP contribution in [0.15, 0.2) is 21.1 Å². The summed E-state index contributed by atoms with van der Waals surface area (Å²) in [7, 11) is 0. The molecule has 0 spiro atoms. The first-order chi connectivity index (χ1) is 6.45. The molecule has 1 aromatic carbocycles. The van der Waals surface area contributed by atoms with Gasteiger partial charge in [-0.25, -0.2) is 4.79 Å². The summed E-state index contributed by atoms with van der Waals surface area (Å²) in [5.41, 5.74) is 0.968. The van der Waals surface area contributed by atoms with Crippen LogP contribution < -0.4 is 0 Å². The molecule has 0 amide bonds. The van der Waals surface area contributed by atoms with Gasteiger partial charge in [0.15, 0.2) is 0 Å². The average Bonchev–Trinajstić information content (AvgIpc) is 2.12. The first kappa shape index (κ1) is 11.4. The second-order valence-corrected chi connectivity index (χ2v) is 4.33. The number of carboxylic acid groups (broad SMARTS) is 1. The summed E-state index contributed by atoms with van der Waals surface area (Å²) in [4.78, 5) is 21.8. The van der Waals surface area contributed by atoms with Gasteiger partial charge in [0, 0.05) is 8.95 Å². The fraction of sp³-hybridized carbons (Fsp3) is 0.111. The first-order valence-electron chi connectivity index (χ1n) is 3.67. The van der Waals surface area contributed by atoms with Gasteiger partial charge >= 0.3 is 5.97 Å². The molecule has 0 aliphatic rings. The van der Waals surface area contributed by atoms with Gasteiger partial charge in [-0.05, 0) is 50.4 Å². The smallest absolute Gasteiger partial charge is 0.377 e. The normalized spacial score (nSPS) is 9.93. The van der Waals surface area contributed by atoms with E-state index in [0.717, 1.165) is 5.56 Å². The predicted octanol–water partition coefficient (Wildman–Crippen LogP) is 2.79. The molecule has 1 aromatic rings. The Morgan fingerprint density at radius 3 is 2.36 bits per heavy atom. The van der Waals surface area contributed by atoms with Crippen LogP contribution in [-0.2, 0) is 4.79 Å². The Hall–Kier alpha value is -0.680. The second-order valence-electron chi connectivity index (χ2n) is 2.69. The molecule has 0 unspecified atom stereocenters. The Morgan fingerprint density at radius 2 is 1.86 bits per heavy atom. The molecule has 3 nitrogen and oxygen atoms in total. The molecule has 0 heterocycles. The summed E-state index contributed by atoms with van der Waals surface area (Å²) in [5.74, 6) is -2.38. The number of aliphatic carboxylic acids is 1. The fourth-order valence-corrected chi connectivity index (χ4v) is 2.27. The highest BCUT2D eigenvalue weighted by atomic mass is 79.9. The minimum Gasteiger partial charge on any atom is -0.475 e. The van der Waals surface area contributed by atoms with E-state index in [-0.39, 0.29) is 5.56 Å². The van der Waals surface area contributed by atoms with E-state index in [9.17, 15) is 9.59 Å². The van der Waals surface area contributed by atoms with Crippen LogP contribution in [0, 0.1) is 6.92 Å². The monoisotopic (exact) mass is 320 g/mol. The van der Waals surface area contributed by atoms with E-state index in [1.807, 2.05) is 0 Å². The van der Waals surface area contributed by atoms with E-state index in [2.05, 4.69) is 31.9 Å². The minimum absolute atomic E-state index is 0.150. The maximum atomic E-state index is 11.3. The number of ketones is 1. The summed E-state index contributed by atoms with van der Waals surface area (Å²) < 4.78 is 0.988. The Bertz CT molecular complexity index is 413. The summed E-state index contributed by atoms with van der Waals surface area (Å²) in [6.07, 6.45) is 0. The number of halogens is 2. The van der Waals surface area contributed by atoms with Gasteiger partial charge in [-0.3, -0.25) is 4.79 Å². The largest absolute Gasteiger partial charge is 0.475 e. The zero-order valence-electron chi connectivity index (χ0n) is 7.17. The fourth-order valence-electron chi connectivity index (χ4n) is 0.972. The standard InChI is InChI=1S/C9H6Br2O3/c1-4-2-3-5(10)6(7(4)11)8(12)9(13)14/h2-3H,1H3,(H,13,14). The van der Waals surface area contributed by atoms with Crippen molar-refractivity contribution in [3.05, 3.63) is 32.2 Å². The number of Topliss-reactive ketones (excluding diaryl/α,β-unsaturated/α-hetero) is 1. The molecule has 0 bridgehead atoms. The molecule has 74 valence electrons. The van der Waals surface area contributed by atoms with Crippen molar-refractivity contribution in [1.29, 1.82) is 0 Å². The van der Waals surface area contributed by atoms with Crippen LogP contribution in [0.1, 0.15) is 15.9 Å². The number of carboxylic acids is 1. The lowest BCUT2D eigenvalue weighted by molar-refractivity contribution is -0.131. The molecular formula is C9H6Br2O3. The van der Waals surface area contributed by atoms with Gasteiger partial charge in [-0.2, -0.15) is 0 Å². The number of carbonyl (C=O) groups excluding carboxylic acids is 1. The Labute approximate surface area is 97.4 Å². The highest BCUT2D eigenvalue weighted by Crippen LogP contribution is 2.28. The average molecular weight is 322 g/mol. The molecule has 5 heteroatoms. The summed E-state index contributed by atoms with van der Waals surface area (Å²) in [6, 6.07) is 3.43. The Morgan fingerprint density at radius 1 is 1.29 bits per heavy atom. The van der Waals surface area contributed by atoms with Gasteiger partial charge in [0.05, 0.1) is 5.56 Å². The highest BCUT2D eigenvalue weighted by Gasteiger charge is 2.21. The lowest BCUT2D eigenvalue weighted by Gasteiger charge is -2.05. The molecule has 0 saturated heterocycles. The molecule has 0 saturated carbocycles. The van der Waals surface area contributed by atoms with Gasteiger partial charge < -0.3 is 5.11 Å². The molecule has 0 fully saturated rings. The lowest BCUT2D eigenvalue weighted by Crippen LogP contribution is -2.14. The number of carbonyl (C=O) groups is 2. The molecule has 0 aliphatic heterocycles. The van der Waals surface area contributed by atoms with Crippen molar-refractivity contribution in [2.75, 3.05) is 0 Å². The van der Waals surface area contributed by atoms with Crippen molar-refractivity contribution in [3.63, 3.8) is 0 Å². The zero-order chi connectivity index (χ0) is 10.9. The SMILES string of the molecule is Cc1ccc(Br)c(C(=O)C(=O)O)c1Br. The molecule has 0 aromatic heterocycles. The quantitative estimate of drug-likeness (QED) is 0.673. The van der Waals surface area contributed by atoms with Crippen molar-refractivity contribution >= 4 is 43.6 Å². The summed E-state index contributed by atoms with van der Waals surface area (Å²) >= 11 is 6.32. The van der Waals surface area contributed by atoms with E-state index in [0.29, 0.717) is 8.95 Å². The maximum Gasteiger partial charge on any atom is 0.377 e. The molecule has 0 atom stereocenters. The molecular weight excluding hydrogens is 316 g/mol. The van der Waals surface area contributed by atoms with E-state index in [1.165, 1.54) is 0 Å². The highest BCUT2D eigenvalue weighted by molar-refractivity contribution is 9.11. The Kier molecular flexibility index (Phi) is 3.44. The van der Waals surface area contributed by atoms with Crippen LogP contribution in [-0.4, -0.2) is 16.9 Å². The van der Waals surface area contributed by atoms with E-state index in [1.54, 1.807) is 19.1 Å². The van der Waals surface area contributed by atoms with Crippen LogP contribution in [0.25, 0.3) is 0 Å². The number of hydrogen-bond donors (Lipinski definition) is 1. The van der Waals surface area contributed by atoms with Crippen LogP contribution in [0.5, 0.6) is 0 Å². The second kappa shape index (κ2) is 4.23. The van der Waals surface area contributed by atoms with Crippen LogP contribution >= 0.6 is 31.9 Å². The van der Waals surface area contributed by atoms with Crippen LogP contribution in [0.4, 0.5) is 0 Å². The van der Waals surface area contributed by atoms with Gasteiger partial charge in [0.1, 0.15) is 0 Å². The molecule has 14 heavy (non-hydrogen) atoms. The van der Waals surface area contributed by atoms with Gasteiger partial charge in [0.2, 0.25) is 0 Å². The van der Waals surface area contributed by atoms with Crippen molar-refractivity contribution in [2.45, 2.75) is 6.92 Å². The van der Waals surface area contributed by atoms with Crippen molar-refractivity contribution < 1.29 is 14.7 Å². The molecule has 1 N–H and O–H groups in total. The van der Waals surface area contributed by atoms with Crippen LogP contribution in [0.3, 0.4) is 0 Å². The molecule has 1 rings (SSSR count). The van der Waals surface area contributed by atoms with Gasteiger partial charge in [-0.1, -0.05) is 6.07 Å². The van der Waals surface area contributed by atoms with Crippen molar-refractivity contribution in [2.24, 2.45) is 0 Å². The van der Waals surface area contributed by atoms with E-state index < -0.39 is 11.8 Å². The first-order valence-corrected chi connectivity index (χ1v) is 5.26. The predicted molar refractivity (Wildman–Crippen MR) is 58.5 cm³/mol. The van der Waals surface area contributed by atoms with E-state index in [4.69, 9.17) is 5.11 Å². The molecule has 0 aliphatic carbocycles. The zero-order valence-corrected chi connectivity index (χ0v) is 10.3. The lowest BCUT2D eigenvalue weighted by atomic mass is 10.1. The number of hydrogen-bond acceptors (Lipinski definition) is 2. The maximum absolute atomic E-state index is 11.3. The Balaban J connectivity index is 3.40. The van der Waals surface area contributed by atoms with Crippen molar-refractivity contribution in [3.8, 4) is 0 Å². The summed E-state index contributed by atoms with van der Waals surface area (Å²) in [5, 5.41) is 8.58. The van der Waals surface area contributed by atoms with E-state index >= 15 is 0 Å². The third-order valence-corrected chi connectivity index (χ3v) is 3.39. The molecule has 0 radical (unpaired) electrons. The topological polar surface area (TPSA) is 54.4 Å². The number of rotatable bonds is 2. The third kappa shape index (κ3) is 2.04. The van der Waals surface area contributed by atoms with Gasteiger partial charge in [-0.15, -0.1) is 0 Å². The summed E-state index contributed by atoms with van der Waals surface area (Å²) in [6.45, 7) is 1.79.